The molecule has 0 aliphatic carbocycles. The molecule has 0 unspecified atom stereocenters. The Labute approximate surface area is 111 Å². The summed E-state index contributed by atoms with van der Waals surface area (Å²) in [6, 6.07) is 0. The van der Waals surface area contributed by atoms with Gasteiger partial charge >= 0.3 is 49.6 Å². The van der Waals surface area contributed by atoms with Gasteiger partial charge in [0.1, 0.15) is 0 Å². The van der Waals surface area contributed by atoms with Crippen molar-refractivity contribution in [1.29, 1.82) is 0 Å². The maximum atomic E-state index is 4.99. The number of rotatable bonds is 0. The first-order chi connectivity index (χ1) is 6.55. The van der Waals surface area contributed by atoms with E-state index in [4.69, 9.17) is 38.8 Å². The van der Waals surface area contributed by atoms with Crippen molar-refractivity contribution in [2.75, 3.05) is 0 Å². The van der Waals surface area contributed by atoms with Gasteiger partial charge in [-0.3, -0.25) is 0 Å². The second kappa shape index (κ2) is 6.17. The first-order valence-electron chi connectivity index (χ1n) is 4.25. The van der Waals surface area contributed by atoms with Crippen molar-refractivity contribution in [1.82, 2.24) is 0 Å². The molecule has 0 amide bonds. The van der Waals surface area contributed by atoms with E-state index < -0.39 is 10.8 Å². The average molecular weight is 380 g/mol. The summed E-state index contributed by atoms with van der Waals surface area (Å²) in [5.74, 6) is 0. The number of hydrogen-bond acceptors (Lipinski definition) is 0. The summed E-state index contributed by atoms with van der Waals surface area (Å²) in [7, 11) is 17.1. The molecule has 93 valence electrons. The Morgan fingerprint density at radius 2 is 1.00 bits per heavy atom. The van der Waals surface area contributed by atoms with Crippen molar-refractivity contribution in [2.24, 2.45) is 0 Å². The van der Waals surface area contributed by atoms with Gasteiger partial charge in [-0.15, -0.1) is 0 Å². The molecule has 0 radical (unpaired) electrons. The SMILES string of the molecule is Cc1c(C)c(C)[c-](C)c1C.[Cl][Rh]([Cl])([Cl])[Cl]. The van der Waals surface area contributed by atoms with E-state index in [2.05, 4.69) is 34.6 Å². The Kier molecular flexibility index (Phi) is 6.64. The molecule has 0 aliphatic rings. The van der Waals surface area contributed by atoms with Gasteiger partial charge in [0, 0.05) is 0 Å². The van der Waals surface area contributed by atoms with Crippen LogP contribution in [0.1, 0.15) is 27.8 Å². The van der Waals surface area contributed by atoms with Gasteiger partial charge < -0.3 is 0 Å². The van der Waals surface area contributed by atoms with Crippen LogP contribution in [0.5, 0.6) is 0 Å². The maximum absolute atomic E-state index is 4.99. The molecule has 0 N–H and O–H groups in total. The zero-order valence-electron chi connectivity index (χ0n) is 9.35. The Morgan fingerprint density at radius 1 is 0.800 bits per heavy atom. The molecular formula is C10H15Cl4Rh-. The molecule has 15 heavy (non-hydrogen) atoms. The fraction of sp³-hybridized carbons (Fsp3) is 0.500. The van der Waals surface area contributed by atoms with E-state index in [1.54, 1.807) is 0 Å². The molecule has 0 fully saturated rings. The van der Waals surface area contributed by atoms with Crippen LogP contribution >= 0.6 is 38.8 Å². The summed E-state index contributed by atoms with van der Waals surface area (Å²) in [6.07, 6.45) is 0. The normalized spacial score (nSPS) is 12.1. The van der Waals surface area contributed by atoms with Gasteiger partial charge in [0.15, 0.2) is 0 Å². The van der Waals surface area contributed by atoms with E-state index in [-0.39, 0.29) is 0 Å². The molecule has 1 aromatic carbocycles. The third-order valence-corrected chi connectivity index (χ3v) is 2.81. The molecule has 0 aromatic heterocycles. The van der Waals surface area contributed by atoms with E-state index in [0.29, 0.717) is 0 Å². The summed E-state index contributed by atoms with van der Waals surface area (Å²) >= 11 is 0. The van der Waals surface area contributed by atoms with E-state index in [9.17, 15) is 0 Å². The Balaban J connectivity index is 0.000000336. The van der Waals surface area contributed by atoms with Crippen LogP contribution in [0.25, 0.3) is 0 Å². The third kappa shape index (κ3) is 5.84. The summed E-state index contributed by atoms with van der Waals surface area (Å²) < 4.78 is 0. The van der Waals surface area contributed by atoms with Crippen LogP contribution in [-0.2, 0) is 10.8 Å². The molecular weight excluding hydrogens is 365 g/mol. The summed E-state index contributed by atoms with van der Waals surface area (Å²) in [6.45, 7) is 11.0. The van der Waals surface area contributed by atoms with E-state index in [0.717, 1.165) is 0 Å². The van der Waals surface area contributed by atoms with Gasteiger partial charge in [0.05, 0.1) is 0 Å². The predicted octanol–water partition coefficient (Wildman–Crippen LogP) is 5.70. The third-order valence-electron chi connectivity index (χ3n) is 2.81. The predicted molar refractivity (Wildman–Crippen MR) is 69.1 cm³/mol. The van der Waals surface area contributed by atoms with Crippen molar-refractivity contribution in [2.45, 2.75) is 34.6 Å². The van der Waals surface area contributed by atoms with E-state index >= 15 is 0 Å². The van der Waals surface area contributed by atoms with Crippen LogP contribution in [0.3, 0.4) is 0 Å². The molecule has 5 heteroatoms. The van der Waals surface area contributed by atoms with Gasteiger partial charge in [0.25, 0.3) is 0 Å². The minimum absolute atomic E-state index is 1.47. The minimum atomic E-state index is -2.89. The molecule has 0 saturated carbocycles. The zero-order valence-corrected chi connectivity index (χ0v) is 14.0. The van der Waals surface area contributed by atoms with Crippen LogP contribution in [-0.4, -0.2) is 0 Å². The molecule has 0 spiro atoms. The van der Waals surface area contributed by atoms with Gasteiger partial charge in [0.2, 0.25) is 0 Å². The molecule has 1 aromatic rings. The standard InChI is InChI=1S/C10H15.4ClH.Rh/c1-6-7(2)9(4)10(5)8(6)3;;;;;/h1-5H3;4*1H;/q-1;;;;;+4/p-4. The van der Waals surface area contributed by atoms with Crippen molar-refractivity contribution in [3.05, 3.63) is 27.8 Å². The summed E-state index contributed by atoms with van der Waals surface area (Å²) in [4.78, 5) is 0. The Hall–Kier alpha value is 1.13. The van der Waals surface area contributed by atoms with Crippen LogP contribution in [0.4, 0.5) is 0 Å². The topological polar surface area (TPSA) is 0 Å². The average Bonchev–Trinajstić information content (AvgIpc) is 2.21. The zero-order chi connectivity index (χ0) is 12.4. The fourth-order valence-corrected chi connectivity index (χ4v) is 1.41. The Morgan fingerprint density at radius 3 is 1.07 bits per heavy atom. The van der Waals surface area contributed by atoms with Crippen molar-refractivity contribution < 1.29 is 10.8 Å². The summed E-state index contributed by atoms with van der Waals surface area (Å²) in [5, 5.41) is 0. The van der Waals surface area contributed by atoms with E-state index in [1.807, 2.05) is 0 Å². The fourth-order valence-electron chi connectivity index (χ4n) is 1.41. The van der Waals surface area contributed by atoms with Gasteiger partial charge in [-0.05, 0) is 0 Å². The molecule has 0 bridgehead atoms. The van der Waals surface area contributed by atoms with E-state index in [1.165, 1.54) is 27.8 Å². The van der Waals surface area contributed by atoms with Crippen LogP contribution in [0, 0.1) is 34.6 Å². The molecule has 0 atom stereocenters. The molecule has 0 aliphatic heterocycles. The molecule has 1 rings (SSSR count). The van der Waals surface area contributed by atoms with Crippen molar-refractivity contribution >= 4 is 38.8 Å². The first-order valence-corrected chi connectivity index (χ1v) is 12.7. The molecule has 0 nitrogen and oxygen atoms in total. The van der Waals surface area contributed by atoms with Crippen LogP contribution in [0.2, 0.25) is 0 Å². The monoisotopic (exact) mass is 378 g/mol. The number of hydrogen-bond donors (Lipinski definition) is 0. The van der Waals surface area contributed by atoms with Crippen LogP contribution in [0.15, 0.2) is 0 Å². The van der Waals surface area contributed by atoms with Gasteiger partial charge in [-0.2, -0.15) is 27.8 Å². The second-order valence-corrected chi connectivity index (χ2v) is 18.3. The molecule has 0 saturated heterocycles. The van der Waals surface area contributed by atoms with Crippen molar-refractivity contribution in [3.8, 4) is 0 Å². The quantitative estimate of drug-likeness (QED) is 0.400. The van der Waals surface area contributed by atoms with Gasteiger partial charge in [-0.1, -0.05) is 34.6 Å². The molecule has 0 heterocycles. The first kappa shape index (κ1) is 16.1. The van der Waals surface area contributed by atoms with Crippen molar-refractivity contribution in [3.63, 3.8) is 0 Å². The van der Waals surface area contributed by atoms with Crippen LogP contribution < -0.4 is 0 Å². The van der Waals surface area contributed by atoms with Gasteiger partial charge in [-0.25, -0.2) is 0 Å². The summed E-state index contributed by atoms with van der Waals surface area (Å²) in [5.41, 5.74) is 7.34. The Bertz CT molecular complexity index is 250. The number of halogens is 4. The second-order valence-electron chi connectivity index (χ2n) is 3.41.